The van der Waals surface area contributed by atoms with Gasteiger partial charge in [0.25, 0.3) is 0 Å². The molecule has 2 aromatic carbocycles. The normalized spacial score (nSPS) is 10.2. The largest absolute Gasteiger partial charge is 0.504 e. The van der Waals surface area contributed by atoms with Crippen LogP contribution in [-0.2, 0) is 11.3 Å². The van der Waals surface area contributed by atoms with E-state index in [1.807, 2.05) is 30.3 Å². The van der Waals surface area contributed by atoms with Crippen molar-refractivity contribution in [3.05, 3.63) is 59.7 Å². The van der Waals surface area contributed by atoms with Crippen LogP contribution in [0.1, 0.15) is 15.9 Å². The van der Waals surface area contributed by atoms with E-state index in [9.17, 15) is 9.90 Å². The topological polar surface area (TPSA) is 55.8 Å². The van der Waals surface area contributed by atoms with Crippen LogP contribution in [-0.4, -0.2) is 24.6 Å². The molecule has 0 saturated heterocycles. The molecule has 0 heterocycles. The number of phenolic OH excluding ortho intramolecular Hbond substituents is 1. The van der Waals surface area contributed by atoms with Gasteiger partial charge in [0.2, 0.25) is 0 Å². The van der Waals surface area contributed by atoms with Crippen LogP contribution in [0.15, 0.2) is 48.5 Å². The predicted molar refractivity (Wildman–Crippen MR) is 75.1 cm³/mol. The van der Waals surface area contributed by atoms with Crippen LogP contribution in [0, 0.1) is 0 Å². The van der Waals surface area contributed by atoms with Crippen molar-refractivity contribution in [2.24, 2.45) is 0 Å². The van der Waals surface area contributed by atoms with Crippen molar-refractivity contribution in [1.29, 1.82) is 0 Å². The first-order valence-electron chi connectivity index (χ1n) is 6.32. The minimum Gasteiger partial charge on any atom is -0.504 e. The summed E-state index contributed by atoms with van der Waals surface area (Å²) < 4.78 is 10.8. The van der Waals surface area contributed by atoms with Gasteiger partial charge in [-0.1, -0.05) is 30.3 Å². The second kappa shape index (κ2) is 7.31. The maximum absolute atomic E-state index is 10.5. The summed E-state index contributed by atoms with van der Waals surface area (Å²) in [5.41, 5.74) is 1.51. The van der Waals surface area contributed by atoms with E-state index in [2.05, 4.69) is 0 Å². The van der Waals surface area contributed by atoms with E-state index in [1.165, 1.54) is 6.07 Å². The summed E-state index contributed by atoms with van der Waals surface area (Å²) in [6.45, 7) is 1.28. The third kappa shape index (κ3) is 4.10. The van der Waals surface area contributed by atoms with Gasteiger partial charge in [-0.15, -0.1) is 0 Å². The van der Waals surface area contributed by atoms with Gasteiger partial charge in [0, 0.05) is 5.56 Å². The highest BCUT2D eigenvalue weighted by atomic mass is 16.5. The fraction of sp³-hybridized carbons (Fsp3) is 0.188. The van der Waals surface area contributed by atoms with Crippen molar-refractivity contribution in [3.8, 4) is 11.5 Å². The Hall–Kier alpha value is -2.33. The van der Waals surface area contributed by atoms with E-state index in [1.54, 1.807) is 12.1 Å². The molecule has 0 bridgehead atoms. The van der Waals surface area contributed by atoms with Gasteiger partial charge in [-0.2, -0.15) is 0 Å². The minimum absolute atomic E-state index is 0.0438. The summed E-state index contributed by atoms with van der Waals surface area (Å²) in [4.78, 5) is 10.5. The van der Waals surface area contributed by atoms with Crippen molar-refractivity contribution in [2.75, 3.05) is 13.2 Å². The second-order valence-corrected chi connectivity index (χ2v) is 4.23. The molecule has 0 unspecified atom stereocenters. The molecule has 2 aromatic rings. The molecule has 2 rings (SSSR count). The van der Waals surface area contributed by atoms with E-state index >= 15 is 0 Å². The summed E-state index contributed by atoms with van der Waals surface area (Å²) in [7, 11) is 0. The number of hydrogen-bond acceptors (Lipinski definition) is 4. The molecule has 104 valence electrons. The lowest BCUT2D eigenvalue weighted by atomic mass is 10.2. The molecule has 0 radical (unpaired) electrons. The number of hydrogen-bond donors (Lipinski definition) is 1. The quantitative estimate of drug-likeness (QED) is 0.622. The molecule has 4 nitrogen and oxygen atoms in total. The maximum Gasteiger partial charge on any atom is 0.161 e. The first-order valence-corrected chi connectivity index (χ1v) is 6.32. The van der Waals surface area contributed by atoms with E-state index in [-0.39, 0.29) is 5.75 Å². The number of carbonyl (C=O) groups is 1. The lowest BCUT2D eigenvalue weighted by Crippen LogP contribution is -2.06. The number of phenols is 1. The molecule has 4 heteroatoms. The number of ether oxygens (including phenoxy) is 2. The van der Waals surface area contributed by atoms with Crippen LogP contribution in [0.3, 0.4) is 0 Å². The smallest absolute Gasteiger partial charge is 0.161 e. The fourth-order valence-electron chi connectivity index (χ4n) is 1.70. The minimum atomic E-state index is -0.0438. The lowest BCUT2D eigenvalue weighted by molar-refractivity contribution is 0.0880. The standard InChI is InChI=1S/C16H16O4/c17-11-14-6-7-16(15(18)10-14)20-9-8-19-12-13-4-2-1-3-5-13/h1-7,10-11,18H,8-9,12H2. The molecular weight excluding hydrogens is 256 g/mol. The zero-order chi connectivity index (χ0) is 14.2. The summed E-state index contributed by atoms with van der Waals surface area (Å²) in [5, 5.41) is 9.63. The number of carbonyl (C=O) groups excluding carboxylic acids is 1. The van der Waals surface area contributed by atoms with E-state index < -0.39 is 0 Å². The molecule has 0 atom stereocenters. The van der Waals surface area contributed by atoms with Crippen molar-refractivity contribution in [2.45, 2.75) is 6.61 Å². The summed E-state index contributed by atoms with van der Waals surface area (Å²) in [5.74, 6) is 0.302. The Balaban J connectivity index is 1.72. The van der Waals surface area contributed by atoms with Crippen molar-refractivity contribution in [3.63, 3.8) is 0 Å². The number of aromatic hydroxyl groups is 1. The molecule has 0 amide bonds. The maximum atomic E-state index is 10.5. The van der Waals surface area contributed by atoms with E-state index in [0.29, 0.717) is 37.4 Å². The average Bonchev–Trinajstić information content (AvgIpc) is 2.49. The molecule has 0 saturated carbocycles. The van der Waals surface area contributed by atoms with Gasteiger partial charge in [-0.25, -0.2) is 0 Å². The summed E-state index contributed by atoms with van der Waals surface area (Å²) >= 11 is 0. The van der Waals surface area contributed by atoms with Crippen molar-refractivity contribution >= 4 is 6.29 Å². The summed E-state index contributed by atoms with van der Waals surface area (Å²) in [6, 6.07) is 14.4. The summed E-state index contributed by atoms with van der Waals surface area (Å²) in [6.07, 6.45) is 0.673. The number of rotatable bonds is 7. The third-order valence-electron chi connectivity index (χ3n) is 2.72. The zero-order valence-corrected chi connectivity index (χ0v) is 11.0. The Morgan fingerprint density at radius 1 is 1.05 bits per heavy atom. The van der Waals surface area contributed by atoms with Gasteiger partial charge < -0.3 is 14.6 Å². The van der Waals surface area contributed by atoms with Crippen LogP contribution in [0.5, 0.6) is 11.5 Å². The Bertz CT molecular complexity index is 552. The van der Waals surface area contributed by atoms with Gasteiger partial charge in [0.05, 0.1) is 13.2 Å². The Kier molecular flexibility index (Phi) is 5.15. The van der Waals surface area contributed by atoms with Gasteiger partial charge in [0.15, 0.2) is 11.5 Å². The van der Waals surface area contributed by atoms with Gasteiger partial charge >= 0.3 is 0 Å². The van der Waals surface area contributed by atoms with Crippen LogP contribution in [0.25, 0.3) is 0 Å². The highest BCUT2D eigenvalue weighted by Gasteiger charge is 2.03. The lowest BCUT2D eigenvalue weighted by Gasteiger charge is -2.09. The Morgan fingerprint density at radius 3 is 2.55 bits per heavy atom. The van der Waals surface area contributed by atoms with E-state index in [4.69, 9.17) is 9.47 Å². The fourth-order valence-corrected chi connectivity index (χ4v) is 1.70. The molecule has 20 heavy (non-hydrogen) atoms. The van der Waals surface area contributed by atoms with Gasteiger partial charge in [0.1, 0.15) is 12.9 Å². The highest BCUT2D eigenvalue weighted by molar-refractivity contribution is 5.76. The number of benzene rings is 2. The Morgan fingerprint density at radius 2 is 1.85 bits per heavy atom. The van der Waals surface area contributed by atoms with Crippen LogP contribution >= 0.6 is 0 Å². The Labute approximate surface area is 117 Å². The second-order valence-electron chi connectivity index (χ2n) is 4.23. The molecule has 0 aromatic heterocycles. The molecule has 0 aliphatic heterocycles. The molecular formula is C16H16O4. The molecule has 0 spiro atoms. The van der Waals surface area contributed by atoms with Crippen LogP contribution in [0.2, 0.25) is 0 Å². The third-order valence-corrected chi connectivity index (χ3v) is 2.72. The molecule has 1 N–H and O–H groups in total. The van der Waals surface area contributed by atoms with Gasteiger partial charge in [-0.05, 0) is 23.8 Å². The highest BCUT2D eigenvalue weighted by Crippen LogP contribution is 2.26. The number of aldehydes is 1. The molecule has 0 aliphatic rings. The first kappa shape index (κ1) is 14.1. The van der Waals surface area contributed by atoms with Crippen molar-refractivity contribution in [1.82, 2.24) is 0 Å². The molecule has 0 aliphatic carbocycles. The predicted octanol–water partition coefficient (Wildman–Crippen LogP) is 2.80. The van der Waals surface area contributed by atoms with Crippen molar-refractivity contribution < 1.29 is 19.4 Å². The van der Waals surface area contributed by atoms with E-state index in [0.717, 1.165) is 5.56 Å². The van der Waals surface area contributed by atoms with Crippen LogP contribution in [0.4, 0.5) is 0 Å². The molecule has 0 fully saturated rings. The zero-order valence-electron chi connectivity index (χ0n) is 11.0. The van der Waals surface area contributed by atoms with Gasteiger partial charge in [-0.3, -0.25) is 4.79 Å². The SMILES string of the molecule is O=Cc1ccc(OCCOCc2ccccc2)c(O)c1. The monoisotopic (exact) mass is 272 g/mol. The average molecular weight is 272 g/mol. The first-order chi connectivity index (χ1) is 9.79. The van der Waals surface area contributed by atoms with Crippen LogP contribution < -0.4 is 4.74 Å².